The fraction of sp³-hybridized carbons (Fsp3) is 0.375. The lowest BCUT2D eigenvalue weighted by molar-refractivity contribution is 0.170. The van der Waals surface area contributed by atoms with Gasteiger partial charge in [0.2, 0.25) is 0 Å². The molecule has 1 aromatic heterocycles. The van der Waals surface area contributed by atoms with Crippen LogP contribution in [0.1, 0.15) is 18.1 Å². The van der Waals surface area contributed by atoms with Crippen molar-refractivity contribution in [2.24, 2.45) is 5.73 Å². The largest absolute Gasteiger partial charge is 0.388 e. The highest BCUT2D eigenvalue weighted by molar-refractivity contribution is 9.10. The second-order valence-corrected chi connectivity index (χ2v) is 3.90. The third-order valence-electron chi connectivity index (χ3n) is 1.63. The van der Waals surface area contributed by atoms with Gasteiger partial charge in [-0.3, -0.25) is 0 Å². The molecule has 1 atom stereocenters. The lowest BCUT2D eigenvalue weighted by atomic mass is 10.1. The second-order valence-electron chi connectivity index (χ2n) is 2.63. The second kappa shape index (κ2) is 4.91. The van der Waals surface area contributed by atoms with Gasteiger partial charge in [0.05, 0.1) is 6.10 Å². The zero-order valence-corrected chi connectivity index (χ0v) is 9.22. The molecule has 0 unspecified atom stereocenters. The van der Waals surface area contributed by atoms with Crippen LogP contribution >= 0.6 is 27.5 Å². The van der Waals surface area contributed by atoms with Gasteiger partial charge in [0, 0.05) is 16.2 Å². The highest BCUT2D eigenvalue weighted by atomic mass is 79.9. The molecule has 0 aliphatic carbocycles. The van der Waals surface area contributed by atoms with Gasteiger partial charge in [0.1, 0.15) is 5.15 Å². The highest BCUT2D eigenvalue weighted by Crippen LogP contribution is 2.25. The van der Waals surface area contributed by atoms with E-state index in [1.807, 2.05) is 0 Å². The van der Waals surface area contributed by atoms with Gasteiger partial charge in [-0.15, -0.1) is 0 Å². The molecule has 0 saturated carbocycles. The number of rotatable bonds is 3. The van der Waals surface area contributed by atoms with E-state index in [2.05, 4.69) is 20.9 Å². The molecule has 0 amide bonds. The first-order valence-corrected chi connectivity index (χ1v) is 5.01. The minimum Gasteiger partial charge on any atom is -0.388 e. The number of pyridine rings is 1. The Morgan fingerprint density at radius 1 is 1.69 bits per heavy atom. The van der Waals surface area contributed by atoms with Crippen LogP contribution in [0.3, 0.4) is 0 Å². The minimum absolute atomic E-state index is 0.323. The molecule has 3 nitrogen and oxygen atoms in total. The molecule has 13 heavy (non-hydrogen) atoms. The molecular weight excluding hydrogens is 255 g/mol. The maximum atomic E-state index is 9.60. The van der Waals surface area contributed by atoms with Gasteiger partial charge in [-0.25, -0.2) is 4.98 Å². The van der Waals surface area contributed by atoms with Crippen LogP contribution in [-0.4, -0.2) is 16.6 Å². The number of nitrogens with two attached hydrogens (primary N) is 1. The number of aromatic nitrogens is 1. The third-order valence-corrected chi connectivity index (χ3v) is 2.38. The molecule has 0 spiro atoms. The van der Waals surface area contributed by atoms with Crippen molar-refractivity contribution >= 4 is 27.5 Å². The summed E-state index contributed by atoms with van der Waals surface area (Å²) in [4.78, 5) is 3.90. The van der Waals surface area contributed by atoms with E-state index in [1.54, 1.807) is 12.3 Å². The average Bonchev–Trinajstić information content (AvgIpc) is 2.09. The van der Waals surface area contributed by atoms with E-state index < -0.39 is 6.10 Å². The molecule has 0 fully saturated rings. The fourth-order valence-corrected chi connectivity index (χ4v) is 1.56. The van der Waals surface area contributed by atoms with Crippen LogP contribution in [0.5, 0.6) is 0 Å². The number of aliphatic hydroxyl groups is 1. The number of aliphatic hydroxyl groups excluding tert-OH is 1. The molecule has 1 rings (SSSR count). The zero-order chi connectivity index (χ0) is 9.84. The van der Waals surface area contributed by atoms with E-state index in [0.29, 0.717) is 23.7 Å². The first-order valence-electron chi connectivity index (χ1n) is 3.84. The zero-order valence-electron chi connectivity index (χ0n) is 6.87. The molecule has 0 aliphatic heterocycles. The Hall–Kier alpha value is -0.160. The van der Waals surface area contributed by atoms with Crippen LogP contribution in [0.4, 0.5) is 0 Å². The van der Waals surface area contributed by atoms with Crippen LogP contribution in [0.25, 0.3) is 0 Å². The van der Waals surface area contributed by atoms with Crippen LogP contribution in [0.2, 0.25) is 5.15 Å². The number of nitrogens with zero attached hydrogens (tertiary/aromatic N) is 1. The van der Waals surface area contributed by atoms with Crippen LogP contribution in [0, 0.1) is 0 Å². The van der Waals surface area contributed by atoms with Crippen LogP contribution < -0.4 is 5.73 Å². The molecule has 0 aliphatic rings. The Morgan fingerprint density at radius 2 is 2.38 bits per heavy atom. The smallest absolute Gasteiger partial charge is 0.134 e. The SMILES string of the molecule is NCC[C@H](O)c1cc(Br)cnc1Cl. The number of halogens is 2. The van der Waals surface area contributed by atoms with E-state index in [9.17, 15) is 5.11 Å². The van der Waals surface area contributed by atoms with Crippen molar-refractivity contribution < 1.29 is 5.11 Å². The molecule has 0 saturated heterocycles. The van der Waals surface area contributed by atoms with Crippen molar-refractivity contribution in [3.63, 3.8) is 0 Å². The Balaban J connectivity index is 2.91. The first kappa shape index (κ1) is 10.9. The Bertz CT molecular complexity index is 295. The van der Waals surface area contributed by atoms with E-state index in [-0.39, 0.29) is 0 Å². The lowest BCUT2D eigenvalue weighted by Crippen LogP contribution is -2.07. The number of hydrogen-bond donors (Lipinski definition) is 2. The monoisotopic (exact) mass is 264 g/mol. The van der Waals surface area contributed by atoms with Gasteiger partial charge in [0.25, 0.3) is 0 Å². The maximum Gasteiger partial charge on any atom is 0.134 e. The summed E-state index contributed by atoms with van der Waals surface area (Å²) in [5.74, 6) is 0. The standard InChI is InChI=1S/C8H10BrClN2O/c9-5-3-6(7(13)1-2-11)8(10)12-4-5/h3-4,7,13H,1-2,11H2/t7-/m0/s1. The van der Waals surface area contributed by atoms with Crippen molar-refractivity contribution in [1.82, 2.24) is 4.98 Å². The molecule has 5 heteroatoms. The molecule has 0 bridgehead atoms. The van der Waals surface area contributed by atoms with E-state index >= 15 is 0 Å². The van der Waals surface area contributed by atoms with Gasteiger partial charge in [-0.2, -0.15) is 0 Å². The summed E-state index contributed by atoms with van der Waals surface area (Å²) in [6.45, 7) is 0.421. The molecule has 1 heterocycles. The molecule has 0 radical (unpaired) electrons. The Morgan fingerprint density at radius 3 is 3.00 bits per heavy atom. The lowest BCUT2D eigenvalue weighted by Gasteiger charge is -2.10. The third kappa shape index (κ3) is 2.91. The number of hydrogen-bond acceptors (Lipinski definition) is 3. The van der Waals surface area contributed by atoms with Gasteiger partial charge >= 0.3 is 0 Å². The molecule has 3 N–H and O–H groups in total. The van der Waals surface area contributed by atoms with Gasteiger partial charge < -0.3 is 10.8 Å². The van der Waals surface area contributed by atoms with E-state index in [1.165, 1.54) is 0 Å². The highest BCUT2D eigenvalue weighted by Gasteiger charge is 2.11. The molecular formula is C8H10BrClN2O. The Kier molecular flexibility index (Phi) is 4.12. The van der Waals surface area contributed by atoms with Crippen LogP contribution in [-0.2, 0) is 0 Å². The first-order chi connectivity index (χ1) is 6.15. The maximum absolute atomic E-state index is 9.60. The van der Waals surface area contributed by atoms with Crippen molar-refractivity contribution in [2.45, 2.75) is 12.5 Å². The fourth-order valence-electron chi connectivity index (χ4n) is 0.985. The van der Waals surface area contributed by atoms with Gasteiger partial charge in [-0.1, -0.05) is 11.6 Å². The quantitative estimate of drug-likeness (QED) is 0.821. The summed E-state index contributed by atoms with van der Waals surface area (Å²) in [5.41, 5.74) is 5.93. The van der Waals surface area contributed by atoms with Gasteiger partial charge in [0.15, 0.2) is 0 Å². The topological polar surface area (TPSA) is 59.1 Å². The van der Waals surface area contributed by atoms with Crippen molar-refractivity contribution in [1.29, 1.82) is 0 Å². The Labute approximate surface area is 90.1 Å². The summed E-state index contributed by atoms with van der Waals surface area (Å²) < 4.78 is 0.794. The van der Waals surface area contributed by atoms with E-state index in [0.717, 1.165) is 4.47 Å². The summed E-state index contributed by atoms with van der Waals surface area (Å²) >= 11 is 9.05. The van der Waals surface area contributed by atoms with E-state index in [4.69, 9.17) is 17.3 Å². The van der Waals surface area contributed by atoms with Crippen molar-refractivity contribution in [2.75, 3.05) is 6.54 Å². The molecule has 0 aromatic carbocycles. The normalized spacial score (nSPS) is 12.9. The summed E-state index contributed by atoms with van der Waals surface area (Å²) in [5, 5.41) is 9.92. The summed E-state index contributed by atoms with van der Waals surface area (Å²) in [6, 6.07) is 1.75. The average molecular weight is 266 g/mol. The summed E-state index contributed by atoms with van der Waals surface area (Å²) in [7, 11) is 0. The molecule has 72 valence electrons. The minimum atomic E-state index is -0.637. The molecule has 1 aromatic rings. The predicted octanol–water partition coefficient (Wildman–Crippen LogP) is 1.88. The van der Waals surface area contributed by atoms with Crippen LogP contribution in [0.15, 0.2) is 16.7 Å². The van der Waals surface area contributed by atoms with Crippen molar-refractivity contribution in [3.05, 3.63) is 27.5 Å². The van der Waals surface area contributed by atoms with Crippen molar-refractivity contribution in [3.8, 4) is 0 Å². The van der Waals surface area contributed by atoms with Gasteiger partial charge in [-0.05, 0) is 35.0 Å². The predicted molar refractivity (Wildman–Crippen MR) is 55.6 cm³/mol. The summed E-state index contributed by atoms with van der Waals surface area (Å²) in [6.07, 6.45) is 1.43.